The number of alkyl carbamates (subject to hydrolysis) is 1. The molecular weight excluding hydrogens is 508 g/mol. The predicted octanol–water partition coefficient (Wildman–Crippen LogP) is 5.47. The Balaban J connectivity index is 4.83. The maximum Gasteiger partial charge on any atom is 0.408 e. The van der Waals surface area contributed by atoms with Gasteiger partial charge in [0.05, 0.1) is 0 Å². The van der Waals surface area contributed by atoms with Crippen molar-refractivity contribution in [3.05, 3.63) is 34.9 Å². The van der Waals surface area contributed by atoms with Crippen LogP contribution in [0.3, 0.4) is 0 Å². The first-order valence-electron chi connectivity index (χ1n) is 12.9. The van der Waals surface area contributed by atoms with E-state index in [1.165, 1.54) is 28.5 Å². The first-order chi connectivity index (χ1) is 17.6. The highest BCUT2D eigenvalue weighted by molar-refractivity contribution is 7.99. The van der Waals surface area contributed by atoms with E-state index in [1.807, 2.05) is 6.92 Å². The molecule has 0 aliphatic rings. The van der Waals surface area contributed by atoms with Gasteiger partial charge in [-0.25, -0.2) is 9.59 Å². The Hall–Kier alpha value is -2.75. The summed E-state index contributed by atoms with van der Waals surface area (Å²) in [4.78, 5) is 47.5. The number of ether oxygens (including phenoxy) is 1. The Morgan fingerprint density at radius 1 is 0.842 bits per heavy atom. The molecule has 0 rings (SSSR count). The van der Waals surface area contributed by atoms with Crippen LogP contribution in [-0.2, 0) is 19.1 Å². The van der Waals surface area contributed by atoms with Crippen molar-refractivity contribution in [2.45, 2.75) is 105 Å². The van der Waals surface area contributed by atoms with Gasteiger partial charge in [-0.1, -0.05) is 34.9 Å². The molecule has 1 unspecified atom stereocenters. The van der Waals surface area contributed by atoms with Crippen molar-refractivity contribution in [3.8, 4) is 0 Å². The summed E-state index contributed by atoms with van der Waals surface area (Å²) in [5.74, 6) is -2.42. The van der Waals surface area contributed by atoms with Gasteiger partial charge in [0.2, 0.25) is 5.91 Å². The molecule has 0 saturated heterocycles. The summed E-state index contributed by atoms with van der Waals surface area (Å²) >= 11 is 1.37. The molecule has 9 nitrogen and oxygen atoms in total. The number of carboxylic acid groups (broad SMARTS) is 2. The van der Waals surface area contributed by atoms with Crippen LogP contribution in [0, 0.1) is 0 Å². The van der Waals surface area contributed by atoms with Crippen molar-refractivity contribution in [1.82, 2.24) is 10.6 Å². The maximum absolute atomic E-state index is 12.7. The molecule has 0 saturated carbocycles. The van der Waals surface area contributed by atoms with Crippen LogP contribution in [0.4, 0.5) is 4.79 Å². The monoisotopic (exact) mass is 554 g/mol. The summed E-state index contributed by atoms with van der Waals surface area (Å²) < 4.78 is 5.14. The van der Waals surface area contributed by atoms with Crippen molar-refractivity contribution in [1.29, 1.82) is 0 Å². The maximum atomic E-state index is 12.7. The quantitative estimate of drug-likeness (QED) is 0.137. The second-order valence-corrected chi connectivity index (χ2v) is 11.6. The van der Waals surface area contributed by atoms with Gasteiger partial charge in [-0.15, -0.1) is 0 Å². The first-order valence-corrected chi connectivity index (χ1v) is 14.0. The topological polar surface area (TPSA) is 142 Å². The van der Waals surface area contributed by atoms with E-state index in [-0.39, 0.29) is 18.6 Å². The number of carboxylic acids is 2. The lowest BCUT2D eigenvalue weighted by molar-refractivity contribution is -0.142. The number of aliphatic carboxylic acids is 2. The molecule has 0 radical (unpaired) electrons. The number of nitrogens with one attached hydrogen (secondary N) is 2. The molecule has 0 aromatic rings. The van der Waals surface area contributed by atoms with E-state index in [1.54, 1.807) is 20.8 Å². The van der Waals surface area contributed by atoms with Crippen molar-refractivity contribution in [2.24, 2.45) is 0 Å². The van der Waals surface area contributed by atoms with Crippen LogP contribution < -0.4 is 10.6 Å². The lowest BCUT2D eigenvalue weighted by Crippen LogP contribution is -2.53. The van der Waals surface area contributed by atoms with Crippen molar-refractivity contribution in [3.63, 3.8) is 0 Å². The zero-order chi connectivity index (χ0) is 29.3. The van der Waals surface area contributed by atoms with Gasteiger partial charge in [0, 0.05) is 17.9 Å². The van der Waals surface area contributed by atoms with Crippen LogP contribution in [0.1, 0.15) is 87.0 Å². The van der Waals surface area contributed by atoms with E-state index in [9.17, 15) is 24.3 Å². The fourth-order valence-electron chi connectivity index (χ4n) is 3.16. The second kappa shape index (κ2) is 18.5. The number of amides is 2. The SMILES string of the molecule is CC(C)=CCCC(C)=CCCC(C)=CCSC[C@H](NC(=O)C(CCC(=O)O)NC(=O)OC(C)(C)C)C(=O)O. The molecule has 0 aliphatic carbocycles. The highest BCUT2D eigenvalue weighted by Gasteiger charge is 2.28. The summed E-state index contributed by atoms with van der Waals surface area (Å²) in [6, 6.07) is -2.44. The molecule has 10 heteroatoms. The van der Waals surface area contributed by atoms with Crippen molar-refractivity contribution < 1.29 is 34.1 Å². The van der Waals surface area contributed by atoms with Crippen LogP contribution in [0.25, 0.3) is 0 Å². The number of rotatable bonds is 17. The fraction of sp³-hybridized carbons (Fsp3) is 0.643. The average Bonchev–Trinajstić information content (AvgIpc) is 2.76. The third-order valence-electron chi connectivity index (χ3n) is 5.23. The lowest BCUT2D eigenvalue weighted by Gasteiger charge is -2.24. The summed E-state index contributed by atoms with van der Waals surface area (Å²) in [7, 11) is 0. The smallest absolute Gasteiger partial charge is 0.408 e. The molecule has 0 spiro atoms. The number of thioether (sulfide) groups is 1. The van der Waals surface area contributed by atoms with Crippen LogP contribution >= 0.6 is 11.8 Å². The normalized spacial score (nSPS) is 13.8. The zero-order valence-corrected chi connectivity index (χ0v) is 24.7. The molecule has 38 heavy (non-hydrogen) atoms. The van der Waals surface area contributed by atoms with Gasteiger partial charge in [0.15, 0.2) is 0 Å². The minimum Gasteiger partial charge on any atom is -0.481 e. The Morgan fingerprint density at radius 2 is 1.42 bits per heavy atom. The minimum absolute atomic E-state index is 0.117. The third-order valence-corrected chi connectivity index (χ3v) is 6.20. The molecule has 2 amide bonds. The molecule has 2 atom stereocenters. The van der Waals surface area contributed by atoms with Crippen LogP contribution in [0.5, 0.6) is 0 Å². The molecule has 0 heterocycles. The standard InChI is InChI=1S/C28H46N2O7S/c1-19(2)10-8-11-20(3)12-9-13-21(4)16-17-38-18-23(26(34)35)29-25(33)22(14-15-24(31)32)30-27(36)37-28(5,6)7/h10,12,16,22-23H,8-9,11,13-15,17-18H2,1-7H3,(H,29,33)(H,30,36)(H,31,32)(H,34,35)/t22?,23-/m0/s1. The molecule has 216 valence electrons. The molecule has 0 aliphatic heterocycles. The molecule has 0 aromatic heterocycles. The Kier molecular flexibility index (Phi) is 17.2. The van der Waals surface area contributed by atoms with Crippen LogP contribution in [0.2, 0.25) is 0 Å². The number of carbonyl (C=O) groups excluding carboxylic acids is 2. The zero-order valence-electron chi connectivity index (χ0n) is 23.9. The first kappa shape index (κ1) is 35.2. The van der Waals surface area contributed by atoms with Gasteiger partial charge in [-0.05, 0) is 80.6 Å². The summed E-state index contributed by atoms with van der Waals surface area (Å²) in [6.45, 7) is 13.3. The highest BCUT2D eigenvalue weighted by Crippen LogP contribution is 2.13. The third kappa shape index (κ3) is 19.4. The minimum atomic E-state index is -1.24. The largest absolute Gasteiger partial charge is 0.481 e. The second-order valence-electron chi connectivity index (χ2n) is 10.5. The van der Waals surface area contributed by atoms with E-state index in [4.69, 9.17) is 9.84 Å². The number of allylic oxidation sites excluding steroid dienone is 5. The van der Waals surface area contributed by atoms with Gasteiger partial charge in [-0.3, -0.25) is 9.59 Å². The van der Waals surface area contributed by atoms with E-state index in [0.29, 0.717) is 5.75 Å². The summed E-state index contributed by atoms with van der Waals surface area (Å²) in [5.41, 5.74) is 3.09. The molecule has 0 fully saturated rings. The van der Waals surface area contributed by atoms with Crippen LogP contribution in [0.15, 0.2) is 34.9 Å². The van der Waals surface area contributed by atoms with Crippen molar-refractivity contribution in [2.75, 3.05) is 11.5 Å². The lowest BCUT2D eigenvalue weighted by atomic mass is 10.1. The summed E-state index contributed by atoms with van der Waals surface area (Å²) in [6.07, 6.45) is 9.04. The molecular formula is C28H46N2O7S. The van der Waals surface area contributed by atoms with E-state index >= 15 is 0 Å². The number of hydrogen-bond donors (Lipinski definition) is 4. The van der Waals surface area contributed by atoms with Gasteiger partial charge < -0.3 is 25.6 Å². The Morgan fingerprint density at radius 3 is 1.95 bits per heavy atom. The number of carbonyl (C=O) groups is 4. The number of hydrogen-bond acceptors (Lipinski definition) is 6. The van der Waals surface area contributed by atoms with Crippen LogP contribution in [-0.4, -0.2) is 63.3 Å². The predicted molar refractivity (Wildman–Crippen MR) is 152 cm³/mol. The van der Waals surface area contributed by atoms with Gasteiger partial charge in [0.1, 0.15) is 17.7 Å². The van der Waals surface area contributed by atoms with Gasteiger partial charge in [0.25, 0.3) is 0 Å². The highest BCUT2D eigenvalue weighted by atomic mass is 32.2. The Bertz CT molecular complexity index is 884. The van der Waals surface area contributed by atoms with E-state index in [2.05, 4.69) is 49.6 Å². The molecule has 4 N–H and O–H groups in total. The molecule has 0 aromatic carbocycles. The van der Waals surface area contributed by atoms with Gasteiger partial charge >= 0.3 is 18.0 Å². The van der Waals surface area contributed by atoms with Gasteiger partial charge in [-0.2, -0.15) is 11.8 Å². The molecule has 0 bridgehead atoms. The fourth-order valence-corrected chi connectivity index (χ4v) is 4.16. The van der Waals surface area contributed by atoms with E-state index < -0.39 is 41.6 Å². The summed E-state index contributed by atoms with van der Waals surface area (Å²) in [5, 5.41) is 23.3. The van der Waals surface area contributed by atoms with E-state index in [0.717, 1.165) is 25.7 Å². The Labute approximate surface area is 231 Å². The van der Waals surface area contributed by atoms with Crippen molar-refractivity contribution >= 4 is 35.7 Å². The average molecular weight is 555 g/mol.